The molecule has 0 bridgehead atoms. The minimum Gasteiger partial charge on any atom is -0.392 e. The molecule has 212 valence electrons. The molecule has 1 aliphatic heterocycles. The van der Waals surface area contributed by atoms with Gasteiger partial charge in [0.05, 0.1) is 18.8 Å². The first-order valence-corrected chi connectivity index (χ1v) is 13.7. The number of anilines is 1. The van der Waals surface area contributed by atoms with Crippen LogP contribution in [0.15, 0.2) is 61.2 Å². The highest BCUT2D eigenvalue weighted by molar-refractivity contribution is 5.90. The molecule has 1 saturated heterocycles. The lowest BCUT2D eigenvalue weighted by Crippen LogP contribution is -2.43. The average molecular weight is 538 g/mol. The van der Waals surface area contributed by atoms with Gasteiger partial charge in [0, 0.05) is 50.1 Å². The number of carbonyl (C=O) groups excluding carboxylic acids is 2. The molecule has 39 heavy (non-hydrogen) atoms. The first-order chi connectivity index (χ1) is 18.8. The van der Waals surface area contributed by atoms with Gasteiger partial charge in [0.15, 0.2) is 6.29 Å². The van der Waals surface area contributed by atoms with Crippen LogP contribution in [0.2, 0.25) is 0 Å². The number of carbonyl (C=O) groups is 2. The quantitative estimate of drug-likeness (QED) is 0.238. The molecular formula is C31H43N3O5. The first kappa shape index (κ1) is 30.5. The number of hydrogen-bond acceptors (Lipinski definition) is 6. The van der Waals surface area contributed by atoms with Gasteiger partial charge in [0.1, 0.15) is 0 Å². The van der Waals surface area contributed by atoms with Crippen LogP contribution in [-0.2, 0) is 25.7 Å². The Labute approximate surface area is 232 Å². The SMILES string of the molecule is C=CCN(C)CC1OC(c2cccc(NC(=O)CCCCCNC(C)=O)c2)OC(c2ccc(CO)cc2)C1C. The zero-order valence-electron chi connectivity index (χ0n) is 23.4. The average Bonchev–Trinajstić information content (AvgIpc) is 2.92. The number of nitrogens with one attached hydrogen (secondary N) is 2. The zero-order chi connectivity index (χ0) is 28.2. The smallest absolute Gasteiger partial charge is 0.224 e. The fourth-order valence-corrected chi connectivity index (χ4v) is 4.77. The molecule has 0 radical (unpaired) electrons. The molecule has 4 atom stereocenters. The van der Waals surface area contributed by atoms with Crippen molar-refractivity contribution in [3.63, 3.8) is 0 Å². The minimum absolute atomic E-state index is 0.00233. The predicted molar refractivity (Wildman–Crippen MR) is 153 cm³/mol. The van der Waals surface area contributed by atoms with Gasteiger partial charge in [0.2, 0.25) is 11.8 Å². The van der Waals surface area contributed by atoms with Crippen LogP contribution in [0.5, 0.6) is 0 Å². The van der Waals surface area contributed by atoms with E-state index in [0.29, 0.717) is 18.7 Å². The van der Waals surface area contributed by atoms with Crippen LogP contribution in [0.1, 0.15) is 68.6 Å². The van der Waals surface area contributed by atoms with Gasteiger partial charge < -0.3 is 30.1 Å². The van der Waals surface area contributed by atoms with Crippen LogP contribution in [0.25, 0.3) is 0 Å². The van der Waals surface area contributed by atoms with Gasteiger partial charge in [-0.2, -0.15) is 0 Å². The van der Waals surface area contributed by atoms with E-state index in [0.717, 1.165) is 49.0 Å². The molecule has 0 saturated carbocycles. The molecule has 2 amide bonds. The molecule has 0 aliphatic carbocycles. The Morgan fingerprint density at radius 3 is 2.54 bits per heavy atom. The fraction of sp³-hybridized carbons (Fsp3) is 0.484. The summed E-state index contributed by atoms with van der Waals surface area (Å²) in [6.07, 6.45) is 3.89. The summed E-state index contributed by atoms with van der Waals surface area (Å²) < 4.78 is 13.0. The zero-order valence-corrected chi connectivity index (χ0v) is 23.4. The fourth-order valence-electron chi connectivity index (χ4n) is 4.77. The number of nitrogens with zero attached hydrogens (tertiary/aromatic N) is 1. The van der Waals surface area contributed by atoms with E-state index in [2.05, 4.69) is 29.0 Å². The van der Waals surface area contributed by atoms with Crippen molar-refractivity contribution < 1.29 is 24.2 Å². The van der Waals surface area contributed by atoms with Gasteiger partial charge in [-0.1, -0.05) is 55.8 Å². The Bertz CT molecular complexity index is 1070. The van der Waals surface area contributed by atoms with Crippen molar-refractivity contribution in [1.29, 1.82) is 0 Å². The summed E-state index contributed by atoms with van der Waals surface area (Å²) in [5.74, 6) is 0.00705. The van der Waals surface area contributed by atoms with Crippen molar-refractivity contribution in [1.82, 2.24) is 10.2 Å². The number of hydrogen-bond donors (Lipinski definition) is 3. The van der Waals surface area contributed by atoms with Crippen molar-refractivity contribution >= 4 is 17.5 Å². The number of unbranched alkanes of at least 4 members (excludes halogenated alkanes) is 2. The monoisotopic (exact) mass is 537 g/mol. The van der Waals surface area contributed by atoms with Crippen LogP contribution >= 0.6 is 0 Å². The first-order valence-electron chi connectivity index (χ1n) is 13.7. The van der Waals surface area contributed by atoms with Crippen molar-refractivity contribution in [2.24, 2.45) is 5.92 Å². The second-order valence-electron chi connectivity index (χ2n) is 10.3. The van der Waals surface area contributed by atoms with Crippen LogP contribution in [0.4, 0.5) is 5.69 Å². The number of ether oxygens (including phenoxy) is 2. The topological polar surface area (TPSA) is 100 Å². The lowest BCUT2D eigenvalue weighted by atomic mass is 9.90. The van der Waals surface area contributed by atoms with E-state index < -0.39 is 6.29 Å². The summed E-state index contributed by atoms with van der Waals surface area (Å²) in [5.41, 5.74) is 3.43. The Balaban J connectivity index is 1.69. The van der Waals surface area contributed by atoms with E-state index in [1.165, 1.54) is 6.92 Å². The summed E-state index contributed by atoms with van der Waals surface area (Å²) in [7, 11) is 2.04. The molecule has 1 heterocycles. The second-order valence-corrected chi connectivity index (χ2v) is 10.3. The predicted octanol–water partition coefficient (Wildman–Crippen LogP) is 4.72. The van der Waals surface area contributed by atoms with Crippen molar-refractivity contribution in [2.45, 2.75) is 64.6 Å². The van der Waals surface area contributed by atoms with E-state index in [1.807, 2.05) is 61.7 Å². The summed E-state index contributed by atoms with van der Waals surface area (Å²) in [6, 6.07) is 15.5. The molecule has 2 aromatic rings. The summed E-state index contributed by atoms with van der Waals surface area (Å²) in [4.78, 5) is 25.7. The molecule has 1 fully saturated rings. The highest BCUT2D eigenvalue weighted by Crippen LogP contribution is 2.42. The van der Waals surface area contributed by atoms with Crippen molar-refractivity contribution in [2.75, 3.05) is 32.0 Å². The molecule has 2 aromatic carbocycles. The molecule has 0 spiro atoms. The van der Waals surface area contributed by atoms with E-state index in [4.69, 9.17) is 9.47 Å². The van der Waals surface area contributed by atoms with Gasteiger partial charge in [-0.15, -0.1) is 6.58 Å². The Kier molecular flexibility index (Phi) is 12.1. The molecule has 0 aromatic heterocycles. The highest BCUT2D eigenvalue weighted by atomic mass is 16.7. The second kappa shape index (κ2) is 15.5. The molecule has 8 nitrogen and oxygen atoms in total. The van der Waals surface area contributed by atoms with Gasteiger partial charge >= 0.3 is 0 Å². The maximum atomic E-state index is 12.5. The highest BCUT2D eigenvalue weighted by Gasteiger charge is 2.38. The lowest BCUT2D eigenvalue weighted by Gasteiger charge is -2.42. The van der Waals surface area contributed by atoms with Crippen LogP contribution in [-0.4, -0.2) is 54.6 Å². The van der Waals surface area contributed by atoms with E-state index in [9.17, 15) is 14.7 Å². The van der Waals surface area contributed by atoms with Crippen LogP contribution < -0.4 is 10.6 Å². The minimum atomic E-state index is -0.600. The summed E-state index contributed by atoms with van der Waals surface area (Å²) in [6.45, 7) is 9.59. The Morgan fingerprint density at radius 1 is 1.08 bits per heavy atom. The number of rotatable bonds is 14. The summed E-state index contributed by atoms with van der Waals surface area (Å²) in [5, 5.41) is 15.2. The number of benzene rings is 2. The molecule has 3 rings (SSSR count). The van der Waals surface area contributed by atoms with Crippen molar-refractivity contribution in [3.05, 3.63) is 77.9 Å². The van der Waals surface area contributed by atoms with E-state index in [1.54, 1.807) is 0 Å². The third kappa shape index (κ3) is 9.58. The lowest BCUT2D eigenvalue weighted by molar-refractivity contribution is -0.275. The Hall–Kier alpha value is -3.04. The number of aliphatic hydroxyl groups excluding tert-OH is 1. The maximum absolute atomic E-state index is 12.5. The standard InChI is InChI=1S/C31H43N3O5/c1-5-18-34(4)20-28-22(2)30(25-15-13-24(21-35)14-16-25)39-31(38-28)26-10-9-11-27(19-26)33-29(37)12-7-6-8-17-32-23(3)36/h5,9-11,13-16,19,22,28,30-31,35H,1,6-8,12,17-18,20-21H2,2-4H3,(H,32,36)(H,33,37). The van der Waals surface area contributed by atoms with Gasteiger partial charge in [-0.25, -0.2) is 0 Å². The third-order valence-electron chi connectivity index (χ3n) is 6.95. The van der Waals surface area contributed by atoms with Crippen molar-refractivity contribution in [3.8, 4) is 0 Å². The Morgan fingerprint density at radius 2 is 1.85 bits per heavy atom. The number of aliphatic hydroxyl groups is 1. The number of likely N-dealkylation sites (N-methyl/N-ethyl adjacent to an activating group) is 1. The molecule has 1 aliphatic rings. The normalized spacial score (nSPS) is 20.9. The van der Waals surface area contributed by atoms with E-state index in [-0.39, 0.29) is 36.5 Å². The van der Waals surface area contributed by atoms with Gasteiger partial charge in [-0.05, 0) is 43.1 Å². The summed E-state index contributed by atoms with van der Waals surface area (Å²) >= 11 is 0. The largest absolute Gasteiger partial charge is 0.392 e. The maximum Gasteiger partial charge on any atom is 0.224 e. The van der Waals surface area contributed by atoms with Gasteiger partial charge in [-0.3, -0.25) is 9.59 Å². The van der Waals surface area contributed by atoms with Crippen LogP contribution in [0, 0.1) is 5.92 Å². The molecule has 3 N–H and O–H groups in total. The molecule has 4 unspecified atom stereocenters. The third-order valence-corrected chi connectivity index (χ3v) is 6.95. The molecular weight excluding hydrogens is 494 g/mol. The van der Waals surface area contributed by atoms with Gasteiger partial charge in [0.25, 0.3) is 0 Å². The molecule has 8 heteroatoms. The van der Waals surface area contributed by atoms with E-state index >= 15 is 0 Å². The van der Waals surface area contributed by atoms with Crippen LogP contribution in [0.3, 0.4) is 0 Å². The number of amides is 2.